The molecule has 2 rings (SSSR count). The van der Waals surface area contributed by atoms with Crippen molar-refractivity contribution in [3.8, 4) is 0 Å². The average molecular weight is 322 g/mol. The summed E-state index contributed by atoms with van der Waals surface area (Å²) in [5.41, 5.74) is -1.08. The molecule has 0 unspecified atom stereocenters. The zero-order valence-corrected chi connectivity index (χ0v) is 12.0. The van der Waals surface area contributed by atoms with E-state index < -0.39 is 32.1 Å². The van der Waals surface area contributed by atoms with Crippen LogP contribution in [0, 0.1) is 11.2 Å². The SMILES string of the molecule is O=C(O)C1(CNS(=O)(=O)c2cccc(Cl)c2F)CCC1. The molecule has 1 aliphatic carbocycles. The zero-order chi connectivity index (χ0) is 15.0. The summed E-state index contributed by atoms with van der Waals surface area (Å²) in [7, 11) is -4.13. The Morgan fingerprint density at radius 2 is 2.10 bits per heavy atom. The van der Waals surface area contributed by atoms with Crippen LogP contribution < -0.4 is 4.72 Å². The van der Waals surface area contributed by atoms with Gasteiger partial charge in [0.25, 0.3) is 0 Å². The number of halogens is 2. The fourth-order valence-electron chi connectivity index (χ4n) is 2.07. The van der Waals surface area contributed by atoms with Crippen molar-refractivity contribution < 1.29 is 22.7 Å². The van der Waals surface area contributed by atoms with Gasteiger partial charge in [-0.3, -0.25) is 4.79 Å². The maximum absolute atomic E-state index is 13.7. The number of benzene rings is 1. The van der Waals surface area contributed by atoms with Crippen LogP contribution in [0.15, 0.2) is 23.1 Å². The van der Waals surface area contributed by atoms with Crippen LogP contribution in [0.5, 0.6) is 0 Å². The molecule has 1 aromatic carbocycles. The van der Waals surface area contributed by atoms with Gasteiger partial charge in [-0.1, -0.05) is 24.1 Å². The van der Waals surface area contributed by atoms with Crippen molar-refractivity contribution >= 4 is 27.6 Å². The second-order valence-corrected chi connectivity index (χ2v) is 6.96. The van der Waals surface area contributed by atoms with Crippen molar-refractivity contribution in [2.75, 3.05) is 6.54 Å². The lowest BCUT2D eigenvalue weighted by atomic mass is 9.69. The lowest BCUT2D eigenvalue weighted by Gasteiger charge is -2.37. The van der Waals surface area contributed by atoms with Crippen LogP contribution in [0.25, 0.3) is 0 Å². The molecule has 0 radical (unpaired) electrons. The molecule has 1 aliphatic rings. The van der Waals surface area contributed by atoms with Crippen LogP contribution in [0.2, 0.25) is 5.02 Å². The summed E-state index contributed by atoms with van der Waals surface area (Å²) in [6.45, 7) is -0.253. The van der Waals surface area contributed by atoms with Crippen LogP contribution in [-0.4, -0.2) is 26.0 Å². The van der Waals surface area contributed by atoms with Crippen LogP contribution in [-0.2, 0) is 14.8 Å². The molecule has 5 nitrogen and oxygen atoms in total. The van der Waals surface area contributed by atoms with Gasteiger partial charge in [0.05, 0.1) is 10.4 Å². The van der Waals surface area contributed by atoms with E-state index in [-0.39, 0.29) is 11.6 Å². The topological polar surface area (TPSA) is 83.5 Å². The van der Waals surface area contributed by atoms with Gasteiger partial charge in [-0.15, -0.1) is 0 Å². The molecule has 0 aliphatic heterocycles. The van der Waals surface area contributed by atoms with E-state index >= 15 is 0 Å². The number of sulfonamides is 1. The van der Waals surface area contributed by atoms with Crippen LogP contribution >= 0.6 is 11.6 Å². The molecule has 0 bridgehead atoms. The number of carboxylic acids is 1. The summed E-state index contributed by atoms with van der Waals surface area (Å²) in [6, 6.07) is 3.63. The Morgan fingerprint density at radius 3 is 2.60 bits per heavy atom. The third-order valence-electron chi connectivity index (χ3n) is 3.57. The van der Waals surface area contributed by atoms with E-state index in [1.165, 1.54) is 12.1 Å². The van der Waals surface area contributed by atoms with E-state index in [0.29, 0.717) is 12.8 Å². The smallest absolute Gasteiger partial charge is 0.310 e. The van der Waals surface area contributed by atoms with Gasteiger partial charge in [-0.2, -0.15) is 0 Å². The molecule has 8 heteroatoms. The Hall–Kier alpha value is -1.18. The summed E-state index contributed by atoms with van der Waals surface area (Å²) in [5, 5.41) is 8.82. The monoisotopic (exact) mass is 321 g/mol. The number of hydrogen-bond acceptors (Lipinski definition) is 3. The lowest BCUT2D eigenvalue weighted by molar-refractivity contribution is -0.153. The van der Waals surface area contributed by atoms with E-state index in [1.807, 2.05) is 0 Å². The third kappa shape index (κ3) is 2.65. The predicted molar refractivity (Wildman–Crippen MR) is 70.5 cm³/mol. The molecule has 1 fully saturated rings. The first-order valence-electron chi connectivity index (χ1n) is 5.96. The maximum Gasteiger partial charge on any atom is 0.310 e. The molecule has 0 saturated heterocycles. The van der Waals surface area contributed by atoms with Gasteiger partial charge in [-0.25, -0.2) is 17.5 Å². The van der Waals surface area contributed by atoms with Crippen LogP contribution in [0.1, 0.15) is 19.3 Å². The second kappa shape index (κ2) is 5.31. The van der Waals surface area contributed by atoms with Crippen molar-refractivity contribution in [2.45, 2.75) is 24.2 Å². The van der Waals surface area contributed by atoms with Crippen molar-refractivity contribution in [3.63, 3.8) is 0 Å². The average Bonchev–Trinajstić information content (AvgIpc) is 2.30. The summed E-state index contributed by atoms with van der Waals surface area (Å²) < 4.78 is 39.9. The van der Waals surface area contributed by atoms with Crippen molar-refractivity contribution in [1.29, 1.82) is 0 Å². The van der Waals surface area contributed by atoms with Gasteiger partial charge in [0.1, 0.15) is 4.90 Å². The first-order valence-corrected chi connectivity index (χ1v) is 7.82. The first-order chi connectivity index (χ1) is 9.28. The summed E-state index contributed by atoms with van der Waals surface area (Å²) in [5.74, 6) is -2.09. The van der Waals surface area contributed by atoms with E-state index in [9.17, 15) is 17.6 Å². The first kappa shape index (κ1) is 15.2. The standard InChI is InChI=1S/C12H13ClFNO4S/c13-8-3-1-4-9(10(8)14)20(18,19)15-7-12(11(16)17)5-2-6-12/h1,3-4,15H,2,5-7H2,(H,16,17). The zero-order valence-electron chi connectivity index (χ0n) is 10.4. The molecular weight excluding hydrogens is 309 g/mol. The van der Waals surface area contributed by atoms with Gasteiger partial charge in [-0.05, 0) is 25.0 Å². The highest BCUT2D eigenvalue weighted by atomic mass is 35.5. The van der Waals surface area contributed by atoms with Crippen LogP contribution in [0.4, 0.5) is 4.39 Å². The fourth-order valence-corrected chi connectivity index (χ4v) is 3.53. The van der Waals surface area contributed by atoms with E-state index in [2.05, 4.69) is 4.72 Å². The molecular formula is C12H13ClFNO4S. The van der Waals surface area contributed by atoms with E-state index in [4.69, 9.17) is 16.7 Å². The number of carbonyl (C=O) groups is 1. The Labute approximate surface area is 120 Å². The molecule has 0 aromatic heterocycles. The minimum absolute atomic E-state index is 0.253. The molecule has 1 aromatic rings. The van der Waals surface area contributed by atoms with Crippen molar-refractivity contribution in [1.82, 2.24) is 4.72 Å². The molecule has 0 heterocycles. The number of nitrogens with one attached hydrogen (secondary N) is 1. The molecule has 1 saturated carbocycles. The molecule has 0 spiro atoms. The van der Waals surface area contributed by atoms with E-state index in [1.54, 1.807) is 0 Å². The molecule has 20 heavy (non-hydrogen) atoms. The summed E-state index contributed by atoms with van der Waals surface area (Å²) in [4.78, 5) is 10.6. The molecule has 2 N–H and O–H groups in total. The molecule has 110 valence electrons. The normalized spacial score (nSPS) is 17.5. The van der Waals surface area contributed by atoms with Crippen molar-refractivity contribution in [2.24, 2.45) is 5.41 Å². The van der Waals surface area contributed by atoms with Gasteiger partial charge >= 0.3 is 5.97 Å². The quantitative estimate of drug-likeness (QED) is 0.869. The number of hydrogen-bond donors (Lipinski definition) is 2. The maximum atomic E-state index is 13.7. The van der Waals surface area contributed by atoms with Crippen molar-refractivity contribution in [3.05, 3.63) is 29.0 Å². The highest BCUT2D eigenvalue weighted by Gasteiger charge is 2.45. The Morgan fingerprint density at radius 1 is 1.45 bits per heavy atom. The highest BCUT2D eigenvalue weighted by Crippen LogP contribution is 2.40. The largest absolute Gasteiger partial charge is 0.481 e. The van der Waals surface area contributed by atoms with Gasteiger partial charge in [0.2, 0.25) is 10.0 Å². The Bertz CT molecular complexity index is 643. The van der Waals surface area contributed by atoms with Crippen LogP contribution in [0.3, 0.4) is 0 Å². The number of carboxylic acid groups (broad SMARTS) is 1. The summed E-state index contributed by atoms with van der Waals surface area (Å²) >= 11 is 5.54. The third-order valence-corrected chi connectivity index (χ3v) is 5.28. The van der Waals surface area contributed by atoms with Gasteiger partial charge < -0.3 is 5.11 Å². The minimum Gasteiger partial charge on any atom is -0.481 e. The molecule has 0 atom stereocenters. The second-order valence-electron chi connectivity index (χ2n) is 4.82. The van der Waals surface area contributed by atoms with E-state index in [0.717, 1.165) is 12.5 Å². The Kier molecular flexibility index (Phi) is 4.04. The van der Waals surface area contributed by atoms with Gasteiger partial charge in [0.15, 0.2) is 5.82 Å². The Balaban J connectivity index is 2.20. The van der Waals surface area contributed by atoms with Gasteiger partial charge in [0, 0.05) is 6.54 Å². The highest BCUT2D eigenvalue weighted by molar-refractivity contribution is 7.89. The fraction of sp³-hybridized carbons (Fsp3) is 0.417. The minimum atomic E-state index is -4.13. The summed E-state index contributed by atoms with van der Waals surface area (Å²) in [6.07, 6.45) is 1.55. The lowest BCUT2D eigenvalue weighted by Crippen LogP contribution is -2.47. The number of aliphatic carboxylic acids is 1. The molecule has 0 amide bonds. The predicted octanol–water partition coefficient (Wildman–Crippen LogP) is 2.01. The number of rotatable bonds is 5.